The quantitative estimate of drug-likeness (QED) is 0.914. The summed E-state index contributed by atoms with van der Waals surface area (Å²) in [7, 11) is 0. The summed E-state index contributed by atoms with van der Waals surface area (Å²) in [5.41, 5.74) is 6.71. The molecule has 2 N–H and O–H groups in total. The van der Waals surface area contributed by atoms with Crippen molar-refractivity contribution in [3.63, 3.8) is 0 Å². The Bertz CT molecular complexity index is 473. The van der Waals surface area contributed by atoms with Crippen molar-refractivity contribution in [1.29, 1.82) is 0 Å². The van der Waals surface area contributed by atoms with Gasteiger partial charge in [-0.15, -0.1) is 11.3 Å². The van der Waals surface area contributed by atoms with Gasteiger partial charge in [-0.05, 0) is 25.2 Å². The predicted octanol–water partition coefficient (Wildman–Crippen LogP) is 3.89. The molecule has 0 amide bonds. The molecule has 1 saturated heterocycles. The SMILES string of the molecule is CCC(C)c1nc(N2CCCC(C(F)(F)F)C2)sc1CN. The van der Waals surface area contributed by atoms with Gasteiger partial charge in [0.15, 0.2) is 5.13 Å². The molecule has 2 rings (SSSR count). The molecular formula is C14H22F3N3S. The van der Waals surface area contributed by atoms with Crippen molar-refractivity contribution in [2.75, 3.05) is 18.0 Å². The number of hydrogen-bond acceptors (Lipinski definition) is 4. The van der Waals surface area contributed by atoms with Crippen molar-refractivity contribution in [1.82, 2.24) is 4.98 Å². The van der Waals surface area contributed by atoms with Crippen LogP contribution in [0.25, 0.3) is 0 Å². The third-order valence-corrected chi connectivity index (χ3v) is 5.29. The van der Waals surface area contributed by atoms with E-state index in [9.17, 15) is 13.2 Å². The van der Waals surface area contributed by atoms with Gasteiger partial charge in [0, 0.05) is 24.5 Å². The van der Waals surface area contributed by atoms with Crippen LogP contribution in [-0.4, -0.2) is 24.2 Å². The van der Waals surface area contributed by atoms with E-state index in [1.54, 1.807) is 4.90 Å². The maximum absolute atomic E-state index is 12.9. The Labute approximate surface area is 127 Å². The van der Waals surface area contributed by atoms with Gasteiger partial charge >= 0.3 is 6.18 Å². The maximum atomic E-state index is 12.9. The van der Waals surface area contributed by atoms with Crippen LogP contribution in [0.15, 0.2) is 0 Å². The lowest BCUT2D eigenvalue weighted by molar-refractivity contribution is -0.175. The molecule has 120 valence electrons. The number of anilines is 1. The predicted molar refractivity (Wildman–Crippen MR) is 79.7 cm³/mol. The minimum Gasteiger partial charge on any atom is -0.347 e. The van der Waals surface area contributed by atoms with Gasteiger partial charge in [0.1, 0.15) is 0 Å². The number of alkyl halides is 3. The largest absolute Gasteiger partial charge is 0.393 e. The van der Waals surface area contributed by atoms with Gasteiger partial charge in [0.2, 0.25) is 0 Å². The van der Waals surface area contributed by atoms with Gasteiger partial charge in [-0.1, -0.05) is 13.8 Å². The lowest BCUT2D eigenvalue weighted by Crippen LogP contribution is -2.41. The van der Waals surface area contributed by atoms with Crippen molar-refractivity contribution in [3.8, 4) is 0 Å². The molecule has 7 heteroatoms. The number of halogens is 3. The summed E-state index contributed by atoms with van der Waals surface area (Å²) in [5.74, 6) is -0.958. The Morgan fingerprint density at radius 1 is 1.48 bits per heavy atom. The van der Waals surface area contributed by atoms with Crippen molar-refractivity contribution in [2.24, 2.45) is 11.7 Å². The third-order valence-electron chi connectivity index (χ3n) is 4.14. The number of thiazole rings is 1. The Balaban J connectivity index is 2.19. The number of rotatable bonds is 4. The molecule has 2 atom stereocenters. The van der Waals surface area contributed by atoms with Crippen LogP contribution < -0.4 is 10.6 Å². The number of aromatic nitrogens is 1. The first-order chi connectivity index (χ1) is 9.86. The lowest BCUT2D eigenvalue weighted by atomic mass is 9.98. The normalized spacial score (nSPS) is 21.6. The first-order valence-corrected chi connectivity index (χ1v) is 8.19. The molecule has 0 aliphatic carbocycles. The lowest BCUT2D eigenvalue weighted by Gasteiger charge is -2.33. The van der Waals surface area contributed by atoms with E-state index in [1.165, 1.54) is 11.3 Å². The van der Waals surface area contributed by atoms with Crippen LogP contribution in [-0.2, 0) is 6.54 Å². The van der Waals surface area contributed by atoms with Crippen molar-refractivity contribution < 1.29 is 13.2 Å². The fourth-order valence-corrected chi connectivity index (χ4v) is 3.72. The van der Waals surface area contributed by atoms with E-state index >= 15 is 0 Å². The van der Waals surface area contributed by atoms with Gasteiger partial charge in [0.25, 0.3) is 0 Å². The summed E-state index contributed by atoms with van der Waals surface area (Å²) in [4.78, 5) is 7.36. The van der Waals surface area contributed by atoms with Gasteiger partial charge < -0.3 is 10.6 Å². The van der Waals surface area contributed by atoms with Crippen molar-refractivity contribution >= 4 is 16.5 Å². The average molecular weight is 321 g/mol. The zero-order chi connectivity index (χ0) is 15.6. The maximum Gasteiger partial charge on any atom is 0.393 e. The molecule has 21 heavy (non-hydrogen) atoms. The highest BCUT2D eigenvalue weighted by Gasteiger charge is 2.42. The Hall–Kier alpha value is -0.820. The Morgan fingerprint density at radius 2 is 2.19 bits per heavy atom. The monoisotopic (exact) mass is 321 g/mol. The average Bonchev–Trinajstić information content (AvgIpc) is 2.90. The third kappa shape index (κ3) is 3.69. The van der Waals surface area contributed by atoms with Crippen LogP contribution >= 0.6 is 11.3 Å². The molecule has 0 radical (unpaired) electrons. The number of piperidine rings is 1. The molecule has 1 fully saturated rings. The topological polar surface area (TPSA) is 42.2 Å². The van der Waals surface area contributed by atoms with Gasteiger partial charge in [-0.25, -0.2) is 4.98 Å². The molecule has 2 heterocycles. The van der Waals surface area contributed by atoms with E-state index in [-0.39, 0.29) is 18.9 Å². The number of nitrogens with two attached hydrogens (primary N) is 1. The fraction of sp³-hybridized carbons (Fsp3) is 0.786. The van der Waals surface area contributed by atoms with Crippen molar-refractivity contribution in [2.45, 2.75) is 51.7 Å². The van der Waals surface area contributed by atoms with Gasteiger partial charge in [-0.2, -0.15) is 13.2 Å². The highest BCUT2D eigenvalue weighted by Crippen LogP contribution is 2.37. The molecular weight excluding hydrogens is 299 g/mol. The van der Waals surface area contributed by atoms with E-state index in [0.29, 0.717) is 24.6 Å². The summed E-state index contributed by atoms with van der Waals surface area (Å²) < 4.78 is 38.7. The molecule has 0 aromatic carbocycles. The smallest absolute Gasteiger partial charge is 0.347 e. The second-order valence-corrected chi connectivity index (χ2v) is 6.71. The Morgan fingerprint density at radius 3 is 2.76 bits per heavy atom. The van der Waals surface area contributed by atoms with Crippen LogP contribution in [0.5, 0.6) is 0 Å². The highest BCUT2D eigenvalue weighted by atomic mass is 32.1. The van der Waals surface area contributed by atoms with E-state index < -0.39 is 12.1 Å². The van der Waals surface area contributed by atoms with Gasteiger partial charge in [-0.3, -0.25) is 0 Å². The summed E-state index contributed by atoms with van der Waals surface area (Å²) >= 11 is 1.44. The molecule has 2 unspecified atom stereocenters. The molecule has 1 aromatic heterocycles. The molecule has 1 aliphatic rings. The minimum absolute atomic E-state index is 0.0149. The van der Waals surface area contributed by atoms with E-state index in [4.69, 9.17) is 5.73 Å². The van der Waals surface area contributed by atoms with Crippen molar-refractivity contribution in [3.05, 3.63) is 10.6 Å². The Kier molecular flexibility index (Phi) is 5.14. The van der Waals surface area contributed by atoms with Crippen LogP contribution in [0.1, 0.15) is 49.6 Å². The fourth-order valence-electron chi connectivity index (χ4n) is 2.63. The van der Waals surface area contributed by atoms with E-state index in [2.05, 4.69) is 18.8 Å². The summed E-state index contributed by atoms with van der Waals surface area (Å²) in [5, 5.41) is 0.694. The summed E-state index contributed by atoms with van der Waals surface area (Å²) in [6.07, 6.45) is -2.40. The first-order valence-electron chi connectivity index (χ1n) is 7.38. The summed E-state index contributed by atoms with van der Waals surface area (Å²) in [6.45, 7) is 5.20. The molecule has 3 nitrogen and oxygen atoms in total. The molecule has 0 spiro atoms. The van der Waals surface area contributed by atoms with Crippen LogP contribution in [0, 0.1) is 5.92 Å². The van der Waals surface area contributed by atoms with Gasteiger partial charge in [0.05, 0.1) is 11.6 Å². The molecule has 0 bridgehead atoms. The van der Waals surface area contributed by atoms with Crippen LogP contribution in [0.3, 0.4) is 0 Å². The zero-order valence-electron chi connectivity index (χ0n) is 12.4. The van der Waals surface area contributed by atoms with E-state index in [1.807, 2.05) is 0 Å². The summed E-state index contributed by atoms with van der Waals surface area (Å²) in [6, 6.07) is 0. The standard InChI is InChI=1S/C14H22F3N3S/c1-3-9(2)12-11(7-18)21-13(19-12)20-6-4-5-10(8-20)14(15,16)17/h9-10H,3-8,18H2,1-2H3. The highest BCUT2D eigenvalue weighted by molar-refractivity contribution is 7.15. The molecule has 1 aromatic rings. The second kappa shape index (κ2) is 6.52. The molecule has 0 saturated carbocycles. The zero-order valence-corrected chi connectivity index (χ0v) is 13.2. The number of nitrogens with zero attached hydrogens (tertiary/aromatic N) is 2. The second-order valence-electron chi connectivity index (χ2n) is 5.65. The molecule has 1 aliphatic heterocycles. The minimum atomic E-state index is -4.12. The number of hydrogen-bond donors (Lipinski definition) is 1. The van der Waals surface area contributed by atoms with Crippen LogP contribution in [0.4, 0.5) is 18.3 Å². The van der Waals surface area contributed by atoms with E-state index in [0.717, 1.165) is 17.0 Å². The van der Waals surface area contributed by atoms with Crippen LogP contribution in [0.2, 0.25) is 0 Å². The first kappa shape index (κ1) is 16.5.